The van der Waals surface area contributed by atoms with Crippen LogP contribution in [-0.2, 0) is 0 Å². The zero-order valence-electron chi connectivity index (χ0n) is 7.73. The number of carbonyl (C=O) groups is 1. The molecule has 0 aliphatic rings. The number of benzene rings is 1. The maximum Gasteiger partial charge on any atom is 0.141 e. The molecule has 13 heavy (non-hydrogen) atoms. The lowest BCUT2D eigenvalue weighted by atomic mass is 10.2. The Labute approximate surface area is 77.6 Å². The molecule has 0 bridgehead atoms. The summed E-state index contributed by atoms with van der Waals surface area (Å²) in [6, 6.07) is 8.83. The van der Waals surface area contributed by atoms with Crippen LogP contribution in [0.2, 0.25) is 0 Å². The van der Waals surface area contributed by atoms with Crippen LogP contribution < -0.4 is 10.0 Å². The van der Waals surface area contributed by atoms with Gasteiger partial charge in [-0.05, 0) is 26.0 Å². The molecule has 0 saturated heterocycles. The largest absolute Gasteiger partial charge is 0.530 e. The maximum absolute atomic E-state index is 10.8. The van der Waals surface area contributed by atoms with E-state index >= 15 is 0 Å². The molecule has 0 aliphatic heterocycles. The number of hydrogen-bond donors (Lipinski definition) is 0. The number of anilines is 1. The van der Waals surface area contributed by atoms with Crippen molar-refractivity contribution in [3.63, 3.8) is 0 Å². The first kappa shape index (κ1) is 9.58. The molecule has 1 aromatic carbocycles. The van der Waals surface area contributed by atoms with E-state index in [0.717, 1.165) is 0 Å². The molecule has 0 heterocycles. The monoisotopic (exact) mass is 178 g/mol. The van der Waals surface area contributed by atoms with Gasteiger partial charge in [-0.2, -0.15) is 0 Å². The summed E-state index contributed by atoms with van der Waals surface area (Å²) >= 11 is 0. The number of para-hydroxylation sites is 1. The number of carboxylic acid groups (broad SMARTS) is 1. The molecule has 0 aliphatic carbocycles. The third kappa shape index (κ3) is 2.21. The van der Waals surface area contributed by atoms with Crippen LogP contribution in [0.4, 0.5) is 10.5 Å². The number of carbonyl (C=O) groups excluding carboxylic acids is 1. The van der Waals surface area contributed by atoms with Crippen molar-refractivity contribution in [1.29, 1.82) is 0 Å². The fourth-order valence-corrected chi connectivity index (χ4v) is 1.20. The molecule has 0 aromatic heterocycles. The SMILES string of the molecule is CC(C)N(C(=O)[O-])c1ccccc1. The van der Waals surface area contributed by atoms with Gasteiger partial charge in [-0.15, -0.1) is 0 Å². The minimum Gasteiger partial charge on any atom is -0.530 e. The Kier molecular flexibility index (Phi) is 2.90. The molecule has 0 saturated carbocycles. The summed E-state index contributed by atoms with van der Waals surface area (Å²) in [5, 5.41) is 10.8. The third-order valence-electron chi connectivity index (χ3n) is 1.75. The number of nitrogens with zero attached hydrogens (tertiary/aromatic N) is 1. The van der Waals surface area contributed by atoms with Gasteiger partial charge in [-0.3, -0.25) is 0 Å². The second-order valence-corrected chi connectivity index (χ2v) is 3.07. The van der Waals surface area contributed by atoms with Gasteiger partial charge in [0.25, 0.3) is 0 Å². The molecule has 0 spiro atoms. The predicted octanol–water partition coefficient (Wildman–Crippen LogP) is 1.24. The molecular formula is C10H12NO2-. The second kappa shape index (κ2) is 3.94. The summed E-state index contributed by atoms with van der Waals surface area (Å²) in [4.78, 5) is 12.0. The lowest BCUT2D eigenvalue weighted by Crippen LogP contribution is -2.45. The minimum atomic E-state index is -1.17. The van der Waals surface area contributed by atoms with E-state index in [-0.39, 0.29) is 6.04 Å². The van der Waals surface area contributed by atoms with Gasteiger partial charge >= 0.3 is 0 Å². The van der Waals surface area contributed by atoms with Crippen molar-refractivity contribution in [2.24, 2.45) is 0 Å². The molecule has 1 aromatic rings. The Hall–Kier alpha value is -1.51. The highest BCUT2D eigenvalue weighted by atomic mass is 16.4. The summed E-state index contributed by atoms with van der Waals surface area (Å²) < 4.78 is 0. The Morgan fingerprint density at radius 3 is 2.23 bits per heavy atom. The first-order valence-electron chi connectivity index (χ1n) is 4.18. The van der Waals surface area contributed by atoms with Crippen LogP contribution in [0.3, 0.4) is 0 Å². The van der Waals surface area contributed by atoms with Crippen molar-refractivity contribution in [3.8, 4) is 0 Å². The Morgan fingerprint density at radius 1 is 1.31 bits per heavy atom. The average Bonchev–Trinajstić information content (AvgIpc) is 2.04. The van der Waals surface area contributed by atoms with Crippen LogP contribution in [0.25, 0.3) is 0 Å². The smallest absolute Gasteiger partial charge is 0.141 e. The zero-order valence-corrected chi connectivity index (χ0v) is 7.73. The maximum atomic E-state index is 10.8. The van der Waals surface area contributed by atoms with E-state index in [0.29, 0.717) is 5.69 Å². The summed E-state index contributed by atoms with van der Waals surface area (Å²) in [5.74, 6) is 0. The van der Waals surface area contributed by atoms with E-state index in [9.17, 15) is 9.90 Å². The molecule has 0 radical (unpaired) electrons. The Balaban J connectivity index is 2.96. The number of amides is 1. The molecule has 3 nitrogen and oxygen atoms in total. The number of hydrogen-bond acceptors (Lipinski definition) is 2. The Morgan fingerprint density at radius 2 is 1.85 bits per heavy atom. The Bertz CT molecular complexity index is 282. The van der Waals surface area contributed by atoms with Crippen molar-refractivity contribution in [1.82, 2.24) is 0 Å². The normalized spacial score (nSPS) is 10.1. The number of rotatable bonds is 2. The molecule has 0 unspecified atom stereocenters. The lowest BCUT2D eigenvalue weighted by molar-refractivity contribution is -0.247. The van der Waals surface area contributed by atoms with Gasteiger partial charge < -0.3 is 14.8 Å². The van der Waals surface area contributed by atoms with E-state index in [1.54, 1.807) is 24.3 Å². The average molecular weight is 178 g/mol. The fraction of sp³-hybridized carbons (Fsp3) is 0.300. The molecule has 1 rings (SSSR count). The van der Waals surface area contributed by atoms with Crippen molar-refractivity contribution in [3.05, 3.63) is 30.3 Å². The van der Waals surface area contributed by atoms with E-state index in [1.165, 1.54) is 4.90 Å². The summed E-state index contributed by atoms with van der Waals surface area (Å²) in [6.07, 6.45) is -1.17. The molecule has 70 valence electrons. The first-order valence-corrected chi connectivity index (χ1v) is 4.18. The summed E-state index contributed by atoms with van der Waals surface area (Å²) in [6.45, 7) is 3.62. The highest BCUT2D eigenvalue weighted by Crippen LogP contribution is 2.15. The van der Waals surface area contributed by atoms with Gasteiger partial charge in [0.15, 0.2) is 0 Å². The molecule has 3 heteroatoms. The van der Waals surface area contributed by atoms with Crippen LogP contribution in [-0.4, -0.2) is 12.1 Å². The van der Waals surface area contributed by atoms with E-state index in [4.69, 9.17) is 0 Å². The predicted molar refractivity (Wildman–Crippen MR) is 49.5 cm³/mol. The van der Waals surface area contributed by atoms with E-state index < -0.39 is 6.09 Å². The summed E-state index contributed by atoms with van der Waals surface area (Å²) in [5.41, 5.74) is 0.650. The molecule has 1 amide bonds. The van der Waals surface area contributed by atoms with E-state index in [2.05, 4.69) is 0 Å². The van der Waals surface area contributed by atoms with E-state index in [1.807, 2.05) is 19.9 Å². The molecule has 0 N–H and O–H groups in total. The molecular weight excluding hydrogens is 166 g/mol. The first-order chi connectivity index (χ1) is 6.13. The van der Waals surface area contributed by atoms with Crippen molar-refractivity contribution in [2.75, 3.05) is 4.90 Å². The van der Waals surface area contributed by atoms with Gasteiger partial charge in [-0.25, -0.2) is 0 Å². The van der Waals surface area contributed by atoms with Gasteiger partial charge in [0.1, 0.15) is 6.09 Å². The van der Waals surface area contributed by atoms with Crippen LogP contribution in [0.15, 0.2) is 30.3 Å². The third-order valence-corrected chi connectivity index (χ3v) is 1.75. The van der Waals surface area contributed by atoms with Gasteiger partial charge in [-0.1, -0.05) is 18.2 Å². The van der Waals surface area contributed by atoms with Crippen molar-refractivity contribution < 1.29 is 9.90 Å². The van der Waals surface area contributed by atoms with Gasteiger partial charge in [0, 0.05) is 11.7 Å². The van der Waals surface area contributed by atoms with Crippen LogP contribution in [0.5, 0.6) is 0 Å². The highest BCUT2D eigenvalue weighted by molar-refractivity contribution is 5.84. The quantitative estimate of drug-likeness (QED) is 0.684. The molecule has 0 fully saturated rings. The lowest BCUT2D eigenvalue weighted by Gasteiger charge is -2.29. The summed E-state index contributed by atoms with van der Waals surface area (Å²) in [7, 11) is 0. The zero-order chi connectivity index (χ0) is 9.84. The minimum absolute atomic E-state index is 0.104. The van der Waals surface area contributed by atoms with Crippen LogP contribution >= 0.6 is 0 Å². The van der Waals surface area contributed by atoms with Crippen LogP contribution in [0, 0.1) is 0 Å². The van der Waals surface area contributed by atoms with Crippen molar-refractivity contribution >= 4 is 11.8 Å². The standard InChI is InChI=1S/C10H13NO2/c1-8(2)11(10(12)13)9-6-4-3-5-7-9/h3-8H,1-2H3,(H,12,13)/p-1. The van der Waals surface area contributed by atoms with Gasteiger partial charge in [0.05, 0.1) is 0 Å². The fourth-order valence-electron chi connectivity index (χ4n) is 1.20. The second-order valence-electron chi connectivity index (χ2n) is 3.07. The van der Waals surface area contributed by atoms with Gasteiger partial charge in [0.2, 0.25) is 0 Å². The van der Waals surface area contributed by atoms with Crippen LogP contribution in [0.1, 0.15) is 13.8 Å². The molecule has 0 atom stereocenters. The highest BCUT2D eigenvalue weighted by Gasteiger charge is 2.10. The topological polar surface area (TPSA) is 43.4 Å². The van der Waals surface area contributed by atoms with Crippen molar-refractivity contribution in [2.45, 2.75) is 19.9 Å².